The molecule has 0 bridgehead atoms. The monoisotopic (exact) mass is 283 g/mol. The molecule has 0 aromatic heterocycles. The minimum absolute atomic E-state index is 0.197. The molecule has 3 heteroatoms. The zero-order chi connectivity index (χ0) is 14.6. The highest BCUT2D eigenvalue weighted by atomic mass is 16.3. The summed E-state index contributed by atoms with van der Waals surface area (Å²) in [7, 11) is 0. The van der Waals surface area contributed by atoms with E-state index in [4.69, 9.17) is 0 Å². The van der Waals surface area contributed by atoms with Crippen LogP contribution < -0.4 is 5.32 Å². The molecule has 1 aliphatic carbocycles. The number of nitrogens with one attached hydrogen (secondary N) is 1. The summed E-state index contributed by atoms with van der Waals surface area (Å²) in [5, 5.41) is 12.4. The second kappa shape index (κ2) is 11.1. The van der Waals surface area contributed by atoms with Gasteiger partial charge in [0.1, 0.15) is 0 Å². The second-order valence-corrected chi connectivity index (χ2v) is 6.31. The van der Waals surface area contributed by atoms with E-state index in [-0.39, 0.29) is 12.5 Å². The zero-order valence-electron chi connectivity index (χ0n) is 13.2. The Labute approximate surface area is 124 Å². The van der Waals surface area contributed by atoms with Crippen molar-refractivity contribution in [3.8, 4) is 0 Å². The molecule has 1 rings (SSSR count). The zero-order valence-corrected chi connectivity index (χ0v) is 13.2. The molecule has 3 nitrogen and oxygen atoms in total. The Bertz CT molecular complexity index is 255. The summed E-state index contributed by atoms with van der Waals surface area (Å²) in [6.45, 7) is 3.26. The van der Waals surface area contributed by atoms with Crippen LogP contribution in [-0.2, 0) is 4.79 Å². The average molecular weight is 283 g/mol. The Morgan fingerprint density at radius 2 is 1.70 bits per heavy atom. The second-order valence-electron chi connectivity index (χ2n) is 6.31. The van der Waals surface area contributed by atoms with Gasteiger partial charge in [-0.25, -0.2) is 0 Å². The maximum atomic E-state index is 11.8. The fourth-order valence-corrected chi connectivity index (χ4v) is 3.19. The lowest BCUT2D eigenvalue weighted by Crippen LogP contribution is -2.35. The number of aliphatic hydroxyl groups is 1. The van der Waals surface area contributed by atoms with Crippen molar-refractivity contribution >= 4 is 5.91 Å². The molecule has 0 aromatic rings. The number of rotatable bonds is 10. The Hall–Kier alpha value is -0.570. The fraction of sp³-hybridized carbons (Fsp3) is 0.941. The molecule has 1 amide bonds. The number of hydrogen-bond acceptors (Lipinski definition) is 2. The van der Waals surface area contributed by atoms with E-state index in [9.17, 15) is 9.90 Å². The first kappa shape index (κ1) is 17.5. The molecule has 2 unspecified atom stereocenters. The third-order valence-electron chi connectivity index (χ3n) is 4.62. The molecule has 2 atom stereocenters. The van der Waals surface area contributed by atoms with Crippen molar-refractivity contribution in [2.45, 2.75) is 77.6 Å². The molecule has 0 spiro atoms. The number of aliphatic hydroxyl groups excluding tert-OH is 1. The highest BCUT2D eigenvalue weighted by Gasteiger charge is 2.24. The highest BCUT2D eigenvalue weighted by Crippen LogP contribution is 2.29. The Kier molecular flexibility index (Phi) is 9.73. The molecule has 0 radical (unpaired) electrons. The standard InChI is InChI=1S/C17H33NO2/c1-2-3-4-5-6-7-12-17(20)18-13-15-10-8-9-11-16(15)14-19/h15-16,19H,2-14H2,1H3,(H,18,20). The Morgan fingerprint density at radius 1 is 1.05 bits per heavy atom. The molecule has 0 aromatic carbocycles. The normalized spacial score (nSPS) is 22.7. The van der Waals surface area contributed by atoms with Gasteiger partial charge in [-0.05, 0) is 31.1 Å². The first-order valence-electron chi connectivity index (χ1n) is 8.65. The summed E-state index contributed by atoms with van der Waals surface area (Å²) < 4.78 is 0. The summed E-state index contributed by atoms with van der Waals surface area (Å²) in [5.74, 6) is 1.09. The van der Waals surface area contributed by atoms with Gasteiger partial charge in [0.15, 0.2) is 0 Å². The first-order chi connectivity index (χ1) is 9.77. The van der Waals surface area contributed by atoms with E-state index in [1.807, 2.05) is 0 Å². The van der Waals surface area contributed by atoms with Gasteiger partial charge in [-0.15, -0.1) is 0 Å². The minimum atomic E-state index is 0.197. The third kappa shape index (κ3) is 7.28. The maximum Gasteiger partial charge on any atom is 0.220 e. The predicted octanol–water partition coefficient (Wildman–Crippen LogP) is 3.65. The van der Waals surface area contributed by atoms with Gasteiger partial charge in [-0.3, -0.25) is 4.79 Å². The lowest BCUT2D eigenvalue weighted by Gasteiger charge is -2.30. The molecule has 0 aliphatic heterocycles. The van der Waals surface area contributed by atoms with Crippen LogP contribution >= 0.6 is 0 Å². The van der Waals surface area contributed by atoms with Crippen LogP contribution in [0.15, 0.2) is 0 Å². The molecule has 0 heterocycles. The number of unbranched alkanes of at least 4 members (excludes halogenated alkanes) is 5. The van der Waals surface area contributed by atoms with Crippen molar-refractivity contribution in [3.05, 3.63) is 0 Å². The summed E-state index contributed by atoms with van der Waals surface area (Å²) in [5.41, 5.74) is 0. The van der Waals surface area contributed by atoms with E-state index < -0.39 is 0 Å². The van der Waals surface area contributed by atoms with Crippen molar-refractivity contribution < 1.29 is 9.90 Å². The maximum absolute atomic E-state index is 11.8. The molecule has 118 valence electrons. The number of carbonyl (C=O) groups excluding carboxylic acids is 1. The van der Waals surface area contributed by atoms with Crippen LogP contribution in [0.2, 0.25) is 0 Å². The van der Waals surface area contributed by atoms with E-state index in [1.165, 1.54) is 44.9 Å². The lowest BCUT2D eigenvalue weighted by molar-refractivity contribution is -0.121. The molecule has 20 heavy (non-hydrogen) atoms. The predicted molar refractivity (Wildman–Crippen MR) is 83.5 cm³/mol. The topological polar surface area (TPSA) is 49.3 Å². The van der Waals surface area contributed by atoms with E-state index in [2.05, 4.69) is 12.2 Å². The van der Waals surface area contributed by atoms with E-state index in [0.717, 1.165) is 25.8 Å². The number of carbonyl (C=O) groups is 1. The molecule has 2 N–H and O–H groups in total. The van der Waals surface area contributed by atoms with Crippen molar-refractivity contribution in [1.29, 1.82) is 0 Å². The van der Waals surface area contributed by atoms with Gasteiger partial charge in [-0.1, -0.05) is 51.9 Å². The highest BCUT2D eigenvalue weighted by molar-refractivity contribution is 5.75. The number of hydrogen-bond donors (Lipinski definition) is 2. The smallest absolute Gasteiger partial charge is 0.220 e. The lowest BCUT2D eigenvalue weighted by atomic mass is 9.79. The Morgan fingerprint density at radius 3 is 2.40 bits per heavy atom. The Balaban J connectivity index is 2.04. The van der Waals surface area contributed by atoms with Crippen LogP contribution in [0, 0.1) is 11.8 Å². The van der Waals surface area contributed by atoms with Crippen molar-refractivity contribution in [2.75, 3.05) is 13.2 Å². The van der Waals surface area contributed by atoms with Gasteiger partial charge in [-0.2, -0.15) is 0 Å². The molecule has 1 saturated carbocycles. The van der Waals surface area contributed by atoms with Crippen LogP contribution in [0.4, 0.5) is 0 Å². The van der Waals surface area contributed by atoms with Crippen LogP contribution in [-0.4, -0.2) is 24.2 Å². The molecule has 1 aliphatic rings. The summed E-state index contributed by atoms with van der Waals surface area (Å²) in [6, 6.07) is 0. The van der Waals surface area contributed by atoms with E-state index >= 15 is 0 Å². The fourth-order valence-electron chi connectivity index (χ4n) is 3.19. The molecule has 0 saturated heterocycles. The molecular formula is C17H33NO2. The van der Waals surface area contributed by atoms with Gasteiger partial charge in [0.25, 0.3) is 0 Å². The van der Waals surface area contributed by atoms with E-state index in [0.29, 0.717) is 18.3 Å². The van der Waals surface area contributed by atoms with Crippen LogP contribution in [0.25, 0.3) is 0 Å². The third-order valence-corrected chi connectivity index (χ3v) is 4.62. The molecule has 1 fully saturated rings. The summed E-state index contributed by atoms with van der Waals surface area (Å²) >= 11 is 0. The minimum Gasteiger partial charge on any atom is -0.396 e. The van der Waals surface area contributed by atoms with Crippen LogP contribution in [0.5, 0.6) is 0 Å². The summed E-state index contributed by atoms with van der Waals surface area (Å²) in [4.78, 5) is 11.8. The largest absolute Gasteiger partial charge is 0.396 e. The quantitative estimate of drug-likeness (QED) is 0.601. The van der Waals surface area contributed by atoms with Gasteiger partial charge >= 0.3 is 0 Å². The van der Waals surface area contributed by atoms with Gasteiger partial charge in [0.05, 0.1) is 0 Å². The van der Waals surface area contributed by atoms with Crippen LogP contribution in [0.1, 0.15) is 77.6 Å². The first-order valence-corrected chi connectivity index (χ1v) is 8.65. The van der Waals surface area contributed by atoms with Gasteiger partial charge < -0.3 is 10.4 Å². The van der Waals surface area contributed by atoms with Crippen molar-refractivity contribution in [2.24, 2.45) is 11.8 Å². The van der Waals surface area contributed by atoms with Gasteiger partial charge in [0.2, 0.25) is 5.91 Å². The number of amides is 1. The summed E-state index contributed by atoms with van der Waals surface area (Å²) in [6.07, 6.45) is 12.8. The average Bonchev–Trinajstić information content (AvgIpc) is 2.49. The van der Waals surface area contributed by atoms with E-state index in [1.54, 1.807) is 0 Å². The van der Waals surface area contributed by atoms with Crippen LogP contribution in [0.3, 0.4) is 0 Å². The van der Waals surface area contributed by atoms with Crippen molar-refractivity contribution in [1.82, 2.24) is 5.32 Å². The van der Waals surface area contributed by atoms with Crippen molar-refractivity contribution in [3.63, 3.8) is 0 Å². The SMILES string of the molecule is CCCCCCCCC(=O)NCC1CCCCC1CO. The molecular weight excluding hydrogens is 250 g/mol. The van der Waals surface area contributed by atoms with Gasteiger partial charge in [0, 0.05) is 19.6 Å².